The minimum Gasteiger partial charge on any atom is -0.481 e. The van der Waals surface area contributed by atoms with Crippen molar-refractivity contribution in [3.63, 3.8) is 0 Å². The van der Waals surface area contributed by atoms with Crippen molar-refractivity contribution in [3.8, 4) is 0 Å². The van der Waals surface area contributed by atoms with Crippen LogP contribution in [0.25, 0.3) is 0 Å². The molecule has 2 unspecified atom stereocenters. The quantitative estimate of drug-likeness (QED) is 0.785. The summed E-state index contributed by atoms with van der Waals surface area (Å²) in [7, 11) is -3.47. The molecule has 1 heterocycles. The molecule has 1 aliphatic heterocycles. The Morgan fingerprint density at radius 2 is 2.17 bits per heavy atom. The van der Waals surface area contributed by atoms with Crippen LogP contribution in [0.15, 0.2) is 11.6 Å². The molecule has 102 valence electrons. The number of carboxylic acid groups (broad SMARTS) is 1. The van der Waals surface area contributed by atoms with Gasteiger partial charge in [-0.15, -0.1) is 0 Å². The molecule has 0 aromatic heterocycles. The summed E-state index contributed by atoms with van der Waals surface area (Å²) in [6, 6.07) is 0. The van der Waals surface area contributed by atoms with Crippen molar-refractivity contribution in [2.45, 2.75) is 37.9 Å². The third-order valence-corrected chi connectivity index (χ3v) is 6.29. The van der Waals surface area contributed by atoms with Crippen LogP contribution in [0.5, 0.6) is 0 Å². The van der Waals surface area contributed by atoms with E-state index >= 15 is 0 Å². The van der Waals surface area contributed by atoms with Crippen LogP contribution in [0.1, 0.15) is 32.6 Å². The van der Waals surface area contributed by atoms with Gasteiger partial charge in [0.05, 0.1) is 11.2 Å². The first-order chi connectivity index (χ1) is 8.43. The summed E-state index contributed by atoms with van der Waals surface area (Å²) in [4.78, 5) is 11.1. The van der Waals surface area contributed by atoms with Crippen LogP contribution in [-0.4, -0.2) is 42.1 Å². The maximum absolute atomic E-state index is 12.4. The molecule has 18 heavy (non-hydrogen) atoms. The van der Waals surface area contributed by atoms with Crippen molar-refractivity contribution < 1.29 is 18.3 Å². The van der Waals surface area contributed by atoms with E-state index in [1.807, 2.05) is 13.0 Å². The minimum absolute atomic E-state index is 0.386. The molecule has 0 aromatic rings. The van der Waals surface area contributed by atoms with Crippen molar-refractivity contribution >= 4 is 16.0 Å². The first-order valence-corrected chi connectivity index (χ1v) is 7.80. The van der Waals surface area contributed by atoms with E-state index < -0.39 is 27.2 Å². The SMILES string of the molecule is CC1=CCN(S(=O)(=O)C2CCCC2C(=O)O)CC1. The highest BCUT2D eigenvalue weighted by molar-refractivity contribution is 7.89. The van der Waals surface area contributed by atoms with Crippen LogP contribution in [0, 0.1) is 5.92 Å². The molecule has 0 spiro atoms. The third-order valence-electron chi connectivity index (χ3n) is 3.91. The molecule has 0 radical (unpaired) electrons. The fourth-order valence-electron chi connectivity index (χ4n) is 2.74. The summed E-state index contributed by atoms with van der Waals surface area (Å²) in [6.07, 6.45) is 4.28. The van der Waals surface area contributed by atoms with E-state index in [0.29, 0.717) is 32.4 Å². The monoisotopic (exact) mass is 273 g/mol. The summed E-state index contributed by atoms with van der Waals surface area (Å²) in [6.45, 7) is 2.85. The molecule has 2 rings (SSSR count). The van der Waals surface area contributed by atoms with Crippen molar-refractivity contribution in [3.05, 3.63) is 11.6 Å². The number of rotatable bonds is 3. The normalized spacial score (nSPS) is 30.2. The van der Waals surface area contributed by atoms with Crippen molar-refractivity contribution in [1.29, 1.82) is 0 Å². The highest BCUT2D eigenvalue weighted by atomic mass is 32.2. The highest BCUT2D eigenvalue weighted by Gasteiger charge is 2.44. The first-order valence-electron chi connectivity index (χ1n) is 6.30. The molecule has 0 saturated heterocycles. The average molecular weight is 273 g/mol. The number of carboxylic acids is 1. The molecule has 0 aromatic carbocycles. The molecule has 1 fully saturated rings. The molecule has 2 aliphatic rings. The Morgan fingerprint density at radius 1 is 1.44 bits per heavy atom. The first kappa shape index (κ1) is 13.5. The van der Waals surface area contributed by atoms with Gasteiger partial charge in [0.25, 0.3) is 0 Å². The van der Waals surface area contributed by atoms with Gasteiger partial charge >= 0.3 is 5.97 Å². The van der Waals surface area contributed by atoms with Gasteiger partial charge in [-0.3, -0.25) is 4.79 Å². The summed E-state index contributed by atoms with van der Waals surface area (Å²) in [5.41, 5.74) is 1.20. The van der Waals surface area contributed by atoms with E-state index in [-0.39, 0.29) is 0 Å². The molecule has 5 nitrogen and oxygen atoms in total. The van der Waals surface area contributed by atoms with E-state index in [2.05, 4.69) is 0 Å². The van der Waals surface area contributed by atoms with Crippen LogP contribution in [0.3, 0.4) is 0 Å². The van der Waals surface area contributed by atoms with E-state index in [0.717, 1.165) is 6.42 Å². The summed E-state index contributed by atoms with van der Waals surface area (Å²) in [5.74, 6) is -1.72. The van der Waals surface area contributed by atoms with Crippen LogP contribution < -0.4 is 0 Å². The smallest absolute Gasteiger partial charge is 0.307 e. The number of aliphatic carboxylic acids is 1. The summed E-state index contributed by atoms with van der Waals surface area (Å²) in [5, 5.41) is 8.36. The van der Waals surface area contributed by atoms with Crippen LogP contribution >= 0.6 is 0 Å². The predicted molar refractivity (Wildman–Crippen MR) is 67.6 cm³/mol. The molecular formula is C12H19NO4S. The zero-order valence-corrected chi connectivity index (χ0v) is 11.3. The average Bonchev–Trinajstić information content (AvgIpc) is 2.79. The van der Waals surface area contributed by atoms with Gasteiger partial charge in [-0.25, -0.2) is 8.42 Å². The lowest BCUT2D eigenvalue weighted by Crippen LogP contribution is -2.43. The lowest BCUT2D eigenvalue weighted by atomic mass is 10.1. The van der Waals surface area contributed by atoms with Gasteiger partial charge in [-0.1, -0.05) is 18.1 Å². The Kier molecular flexibility index (Phi) is 3.77. The molecular weight excluding hydrogens is 254 g/mol. The van der Waals surface area contributed by atoms with Crippen LogP contribution in [-0.2, 0) is 14.8 Å². The Hall–Kier alpha value is -0.880. The van der Waals surface area contributed by atoms with Gasteiger partial charge in [0.1, 0.15) is 0 Å². The van der Waals surface area contributed by atoms with E-state index in [1.54, 1.807) is 0 Å². The number of hydrogen-bond acceptors (Lipinski definition) is 3. The van der Waals surface area contributed by atoms with Crippen molar-refractivity contribution in [2.24, 2.45) is 5.92 Å². The summed E-state index contributed by atoms with van der Waals surface area (Å²) >= 11 is 0. The standard InChI is InChI=1S/C12H19NO4S/c1-9-5-7-13(8-6-9)18(16,17)11-4-2-3-10(11)12(14)15/h5,10-11H,2-4,6-8H2,1H3,(H,14,15). The fraction of sp³-hybridized carbons (Fsp3) is 0.750. The predicted octanol–water partition coefficient (Wildman–Crippen LogP) is 1.22. The van der Waals surface area contributed by atoms with Crippen LogP contribution in [0.4, 0.5) is 0 Å². The summed E-state index contributed by atoms with van der Waals surface area (Å²) < 4.78 is 26.3. The fourth-order valence-corrected chi connectivity index (χ4v) is 4.88. The molecule has 1 N–H and O–H groups in total. The maximum Gasteiger partial charge on any atom is 0.307 e. The van der Waals surface area contributed by atoms with Crippen molar-refractivity contribution in [2.75, 3.05) is 13.1 Å². The number of carbonyl (C=O) groups is 1. The van der Waals surface area contributed by atoms with Gasteiger partial charge in [-0.2, -0.15) is 4.31 Å². The Bertz CT molecular complexity index is 468. The molecule has 2 atom stereocenters. The molecule has 0 bridgehead atoms. The van der Waals surface area contributed by atoms with Gasteiger partial charge in [0.2, 0.25) is 10.0 Å². The van der Waals surface area contributed by atoms with Gasteiger partial charge in [-0.05, 0) is 26.2 Å². The lowest BCUT2D eigenvalue weighted by molar-refractivity contribution is -0.141. The zero-order valence-electron chi connectivity index (χ0n) is 10.5. The Balaban J connectivity index is 2.18. The maximum atomic E-state index is 12.4. The van der Waals surface area contributed by atoms with Crippen molar-refractivity contribution in [1.82, 2.24) is 4.31 Å². The largest absolute Gasteiger partial charge is 0.481 e. The van der Waals surface area contributed by atoms with Gasteiger partial charge in [0, 0.05) is 13.1 Å². The second-order valence-corrected chi connectivity index (χ2v) is 7.27. The number of sulfonamides is 1. The Labute approximate surface area is 108 Å². The Morgan fingerprint density at radius 3 is 2.72 bits per heavy atom. The third kappa shape index (κ3) is 2.44. The highest BCUT2D eigenvalue weighted by Crippen LogP contribution is 2.33. The molecule has 0 amide bonds. The van der Waals surface area contributed by atoms with E-state index in [1.165, 1.54) is 9.88 Å². The topological polar surface area (TPSA) is 74.7 Å². The second kappa shape index (κ2) is 5.01. The lowest BCUT2D eigenvalue weighted by Gasteiger charge is -2.29. The molecule has 6 heteroatoms. The van der Waals surface area contributed by atoms with Crippen LogP contribution in [0.2, 0.25) is 0 Å². The molecule has 1 aliphatic carbocycles. The van der Waals surface area contributed by atoms with E-state index in [9.17, 15) is 13.2 Å². The van der Waals surface area contributed by atoms with Gasteiger partial charge in [0.15, 0.2) is 0 Å². The number of hydrogen-bond donors (Lipinski definition) is 1. The van der Waals surface area contributed by atoms with E-state index in [4.69, 9.17) is 5.11 Å². The molecule has 1 saturated carbocycles. The zero-order chi connectivity index (χ0) is 13.3. The minimum atomic E-state index is -3.47. The van der Waals surface area contributed by atoms with Gasteiger partial charge < -0.3 is 5.11 Å². The number of nitrogens with zero attached hydrogens (tertiary/aromatic N) is 1. The second-order valence-electron chi connectivity index (χ2n) is 5.12.